The molecule has 0 unspecified atom stereocenters. The number of hydrogen-bond donors (Lipinski definition) is 0. The quantitative estimate of drug-likeness (QED) is 0.765. The molecule has 24 heavy (non-hydrogen) atoms. The molecule has 0 bridgehead atoms. The van der Waals surface area contributed by atoms with Crippen LogP contribution in [0.15, 0.2) is 10.9 Å². The Morgan fingerprint density at radius 1 is 1.29 bits per heavy atom. The number of ether oxygens (including phenoxy) is 3. The third-order valence-corrected chi connectivity index (χ3v) is 4.36. The largest absolute Gasteiger partial charge is 0.461 e. The number of piperidine rings is 1. The molecule has 4 heterocycles. The Balaban J connectivity index is 1.64. The van der Waals surface area contributed by atoms with Gasteiger partial charge in [0.05, 0.1) is 19.8 Å². The smallest absolute Gasteiger partial charge is 0.361 e. The van der Waals surface area contributed by atoms with E-state index in [1.165, 1.54) is 6.33 Å². The lowest BCUT2D eigenvalue weighted by atomic mass is 10.0. The zero-order valence-electron chi connectivity index (χ0n) is 13.4. The normalized spacial score (nSPS) is 20.0. The van der Waals surface area contributed by atoms with Gasteiger partial charge in [-0.1, -0.05) is 5.16 Å². The number of carbonyl (C=O) groups excluding carboxylic acids is 1. The molecule has 0 aliphatic carbocycles. The van der Waals surface area contributed by atoms with Crippen molar-refractivity contribution in [2.45, 2.75) is 25.6 Å². The second-order valence-corrected chi connectivity index (χ2v) is 5.72. The van der Waals surface area contributed by atoms with Gasteiger partial charge in [-0.3, -0.25) is 0 Å². The van der Waals surface area contributed by atoms with E-state index in [0.717, 1.165) is 12.8 Å². The van der Waals surface area contributed by atoms with Crippen LogP contribution in [0.1, 0.15) is 30.3 Å². The van der Waals surface area contributed by atoms with Gasteiger partial charge in [-0.2, -0.15) is 4.98 Å². The van der Waals surface area contributed by atoms with Crippen LogP contribution in [-0.2, 0) is 14.2 Å². The van der Waals surface area contributed by atoms with Crippen LogP contribution in [0.3, 0.4) is 0 Å². The summed E-state index contributed by atoms with van der Waals surface area (Å²) >= 11 is 0. The van der Waals surface area contributed by atoms with E-state index in [4.69, 9.17) is 18.7 Å². The molecule has 0 atom stereocenters. The van der Waals surface area contributed by atoms with E-state index in [9.17, 15) is 4.79 Å². The monoisotopic (exact) mass is 334 g/mol. The molecule has 0 amide bonds. The maximum Gasteiger partial charge on any atom is 0.361 e. The van der Waals surface area contributed by atoms with Crippen LogP contribution in [0.2, 0.25) is 0 Å². The van der Waals surface area contributed by atoms with E-state index in [2.05, 4.69) is 20.0 Å². The van der Waals surface area contributed by atoms with Gasteiger partial charge < -0.3 is 23.6 Å². The molecule has 0 radical (unpaired) electrons. The van der Waals surface area contributed by atoms with Crippen LogP contribution in [0, 0.1) is 0 Å². The van der Waals surface area contributed by atoms with Gasteiger partial charge in [0, 0.05) is 25.9 Å². The first kappa shape index (κ1) is 15.3. The van der Waals surface area contributed by atoms with Gasteiger partial charge in [0.15, 0.2) is 5.79 Å². The average molecular weight is 334 g/mol. The highest BCUT2D eigenvalue weighted by atomic mass is 16.7. The minimum absolute atomic E-state index is 0.108. The van der Waals surface area contributed by atoms with Gasteiger partial charge in [0.25, 0.3) is 5.71 Å². The summed E-state index contributed by atoms with van der Waals surface area (Å²) in [5.74, 6) is -0.387. The van der Waals surface area contributed by atoms with Crippen molar-refractivity contribution in [2.75, 3.05) is 37.8 Å². The Bertz CT molecular complexity index is 745. The minimum atomic E-state index is -0.539. The summed E-state index contributed by atoms with van der Waals surface area (Å²) in [6.07, 6.45) is 2.88. The molecule has 9 heteroatoms. The van der Waals surface area contributed by atoms with E-state index in [1.54, 1.807) is 6.92 Å². The van der Waals surface area contributed by atoms with Gasteiger partial charge in [-0.25, -0.2) is 9.78 Å². The molecule has 0 saturated carbocycles. The molecule has 4 rings (SSSR count). The first-order valence-electron chi connectivity index (χ1n) is 8.03. The van der Waals surface area contributed by atoms with Gasteiger partial charge >= 0.3 is 5.97 Å². The standard InChI is InChI=1S/C15H18N4O5/c1-2-21-14(20)11-10-12(16-9-17-13(10)24-18-11)19-5-3-15(4-6-19)22-7-8-23-15/h9H,2-8H2,1H3. The van der Waals surface area contributed by atoms with Crippen LogP contribution in [-0.4, -0.2) is 59.8 Å². The van der Waals surface area contributed by atoms with E-state index in [1.807, 2.05) is 0 Å². The van der Waals surface area contributed by atoms with Crippen molar-refractivity contribution in [3.8, 4) is 0 Å². The van der Waals surface area contributed by atoms with Crippen molar-refractivity contribution in [3.05, 3.63) is 12.0 Å². The Morgan fingerprint density at radius 2 is 2.04 bits per heavy atom. The van der Waals surface area contributed by atoms with Crippen molar-refractivity contribution in [1.29, 1.82) is 0 Å². The third-order valence-electron chi connectivity index (χ3n) is 4.36. The summed E-state index contributed by atoms with van der Waals surface area (Å²) < 4.78 is 21.7. The Morgan fingerprint density at radius 3 is 2.75 bits per heavy atom. The van der Waals surface area contributed by atoms with Crippen LogP contribution >= 0.6 is 0 Å². The highest BCUT2D eigenvalue weighted by Gasteiger charge is 2.40. The van der Waals surface area contributed by atoms with Crippen LogP contribution in [0.25, 0.3) is 11.1 Å². The first-order chi connectivity index (χ1) is 11.7. The summed E-state index contributed by atoms with van der Waals surface area (Å²) in [6.45, 7) is 4.66. The first-order valence-corrected chi connectivity index (χ1v) is 8.03. The molecular formula is C15H18N4O5. The van der Waals surface area contributed by atoms with E-state index < -0.39 is 11.8 Å². The highest BCUT2D eigenvalue weighted by Crippen LogP contribution is 2.35. The van der Waals surface area contributed by atoms with E-state index in [-0.39, 0.29) is 18.0 Å². The Labute approximate surface area is 137 Å². The highest BCUT2D eigenvalue weighted by molar-refractivity contribution is 6.04. The number of aromatic nitrogens is 3. The molecule has 0 aromatic carbocycles. The van der Waals surface area contributed by atoms with Gasteiger partial charge in [-0.05, 0) is 6.92 Å². The summed E-state index contributed by atoms with van der Waals surface area (Å²) in [5, 5.41) is 4.30. The lowest BCUT2D eigenvalue weighted by Crippen LogP contribution is -2.45. The van der Waals surface area contributed by atoms with Crippen molar-refractivity contribution in [1.82, 2.24) is 15.1 Å². The predicted octanol–water partition coefficient (Wildman–Crippen LogP) is 1.14. The maximum absolute atomic E-state index is 12.1. The number of fused-ring (bicyclic) bond motifs is 1. The summed E-state index contributed by atoms with van der Waals surface area (Å²) in [4.78, 5) is 22.6. The van der Waals surface area contributed by atoms with Crippen molar-refractivity contribution in [2.24, 2.45) is 0 Å². The molecule has 1 spiro atoms. The molecule has 9 nitrogen and oxygen atoms in total. The molecule has 2 aliphatic heterocycles. The number of carbonyl (C=O) groups is 1. The molecule has 2 saturated heterocycles. The second kappa shape index (κ2) is 5.99. The topological polar surface area (TPSA) is 99.8 Å². The lowest BCUT2D eigenvalue weighted by molar-refractivity contribution is -0.169. The lowest BCUT2D eigenvalue weighted by Gasteiger charge is -2.38. The molecule has 128 valence electrons. The third kappa shape index (κ3) is 2.49. The number of rotatable bonds is 3. The summed E-state index contributed by atoms with van der Waals surface area (Å²) in [5.41, 5.74) is 0.382. The molecular weight excluding hydrogens is 316 g/mol. The zero-order valence-corrected chi connectivity index (χ0v) is 13.4. The van der Waals surface area contributed by atoms with Gasteiger partial charge in [-0.15, -0.1) is 0 Å². The number of hydrogen-bond acceptors (Lipinski definition) is 9. The van der Waals surface area contributed by atoms with Crippen LogP contribution in [0.5, 0.6) is 0 Å². The van der Waals surface area contributed by atoms with Gasteiger partial charge in [0.1, 0.15) is 17.5 Å². The molecule has 2 aromatic heterocycles. The number of esters is 1. The predicted molar refractivity (Wildman–Crippen MR) is 81.6 cm³/mol. The fraction of sp³-hybridized carbons (Fsp3) is 0.600. The number of anilines is 1. The second-order valence-electron chi connectivity index (χ2n) is 5.72. The summed E-state index contributed by atoms with van der Waals surface area (Å²) in [7, 11) is 0. The fourth-order valence-corrected chi connectivity index (χ4v) is 3.20. The van der Waals surface area contributed by atoms with Crippen LogP contribution in [0.4, 0.5) is 5.82 Å². The van der Waals surface area contributed by atoms with Crippen molar-refractivity contribution < 1.29 is 23.5 Å². The van der Waals surface area contributed by atoms with E-state index >= 15 is 0 Å². The average Bonchev–Trinajstić information content (AvgIpc) is 3.23. The van der Waals surface area contributed by atoms with E-state index in [0.29, 0.717) is 37.5 Å². The molecule has 2 aromatic rings. The minimum Gasteiger partial charge on any atom is -0.461 e. The number of nitrogens with zero attached hydrogens (tertiary/aromatic N) is 4. The van der Waals surface area contributed by atoms with Crippen molar-refractivity contribution >= 4 is 22.9 Å². The zero-order chi connectivity index (χ0) is 16.6. The molecule has 2 aliphatic rings. The molecule has 2 fully saturated rings. The maximum atomic E-state index is 12.1. The Kier molecular flexibility index (Phi) is 3.81. The van der Waals surface area contributed by atoms with Crippen LogP contribution < -0.4 is 4.90 Å². The fourth-order valence-electron chi connectivity index (χ4n) is 3.20. The molecule has 0 N–H and O–H groups in total. The van der Waals surface area contributed by atoms with Crippen molar-refractivity contribution in [3.63, 3.8) is 0 Å². The SMILES string of the molecule is CCOC(=O)c1noc2ncnc(N3CCC4(CC3)OCCO4)c12. The van der Waals surface area contributed by atoms with Gasteiger partial charge in [0.2, 0.25) is 5.69 Å². The Hall–Kier alpha value is -2.26. The summed E-state index contributed by atoms with van der Waals surface area (Å²) in [6, 6.07) is 0.